The Morgan fingerprint density at radius 3 is 2.08 bits per heavy atom. The molecule has 206 valence electrons. The normalized spacial score (nSPS) is 20.4. The number of esters is 1. The van der Waals surface area contributed by atoms with Crippen molar-refractivity contribution in [2.24, 2.45) is 0 Å². The fourth-order valence-electron chi connectivity index (χ4n) is 2.89. The van der Waals surface area contributed by atoms with E-state index in [1.165, 1.54) is 29.2 Å². The third kappa shape index (κ3) is 15.9. The Balaban J connectivity index is 0.000000662. The average Bonchev–Trinajstić information content (AvgIpc) is 2.77. The largest absolute Gasteiger partial charge is 0.508 e. The van der Waals surface area contributed by atoms with Gasteiger partial charge in [0.1, 0.15) is 34.9 Å². The maximum atomic E-state index is 12.2. The third-order valence-electron chi connectivity index (χ3n) is 4.59. The highest BCUT2D eigenvalue weighted by Crippen LogP contribution is 2.20. The molecule has 1 aromatic rings. The fraction of sp³-hybridized carbons (Fsp3) is 0.654. The number of phenols is 1. The molecule has 0 radical (unpaired) electrons. The summed E-state index contributed by atoms with van der Waals surface area (Å²) in [6.45, 7) is 13.0. The van der Waals surface area contributed by atoms with Crippen LogP contribution in [0.5, 0.6) is 5.75 Å². The SMILES string of the molecule is CC(C)(C)OC=O.CC1CC(O)CCC[C@H](N(C)C(=O)OC(C)(C)C)C(=O)O1.Oc1ccc(F)cc1. The number of rotatable bonds is 2. The highest BCUT2D eigenvalue weighted by molar-refractivity contribution is 5.81. The van der Waals surface area contributed by atoms with Gasteiger partial charge in [0.15, 0.2) is 0 Å². The van der Waals surface area contributed by atoms with E-state index >= 15 is 0 Å². The predicted octanol–water partition coefficient (Wildman–Crippen LogP) is 4.58. The lowest BCUT2D eigenvalue weighted by Crippen LogP contribution is -2.46. The quantitative estimate of drug-likeness (QED) is 0.333. The van der Waals surface area contributed by atoms with Gasteiger partial charge in [0.25, 0.3) is 6.47 Å². The molecule has 1 aliphatic rings. The van der Waals surface area contributed by atoms with Gasteiger partial charge >= 0.3 is 12.1 Å². The molecule has 10 heteroatoms. The second-order valence-corrected chi connectivity index (χ2v) is 10.5. The minimum absolute atomic E-state index is 0.0893. The number of aliphatic hydroxyl groups is 1. The number of cyclic esters (lactones) is 1. The van der Waals surface area contributed by atoms with Gasteiger partial charge in [0.2, 0.25) is 0 Å². The zero-order valence-corrected chi connectivity index (χ0v) is 22.6. The number of halogens is 1. The van der Waals surface area contributed by atoms with Crippen molar-refractivity contribution in [2.45, 2.75) is 104 Å². The van der Waals surface area contributed by atoms with Crippen LogP contribution in [0.2, 0.25) is 0 Å². The van der Waals surface area contributed by atoms with Crippen LogP contribution in [0.1, 0.15) is 74.1 Å². The van der Waals surface area contributed by atoms with E-state index in [0.717, 1.165) is 0 Å². The Morgan fingerprint density at radius 1 is 1.11 bits per heavy atom. The summed E-state index contributed by atoms with van der Waals surface area (Å²) in [6.07, 6.45) is 0.753. The first-order valence-corrected chi connectivity index (χ1v) is 11.9. The van der Waals surface area contributed by atoms with Crippen LogP contribution in [-0.4, -0.2) is 70.1 Å². The number of benzene rings is 1. The van der Waals surface area contributed by atoms with Crippen LogP contribution < -0.4 is 0 Å². The molecule has 2 unspecified atom stereocenters. The molecule has 36 heavy (non-hydrogen) atoms. The fourth-order valence-corrected chi connectivity index (χ4v) is 2.89. The number of nitrogens with zero attached hydrogens (tertiary/aromatic N) is 1. The summed E-state index contributed by atoms with van der Waals surface area (Å²) in [7, 11) is 1.54. The number of likely N-dealkylation sites (N-methyl/N-ethyl adjacent to an activating group) is 1. The Kier molecular flexibility index (Phi) is 14.1. The van der Waals surface area contributed by atoms with Gasteiger partial charge in [-0.1, -0.05) is 0 Å². The molecule has 0 aromatic heterocycles. The summed E-state index contributed by atoms with van der Waals surface area (Å²) in [5.41, 5.74) is -0.932. The van der Waals surface area contributed by atoms with E-state index in [-0.39, 0.29) is 23.3 Å². The van der Waals surface area contributed by atoms with Gasteiger partial charge in [-0.05, 0) is 92.0 Å². The lowest BCUT2D eigenvalue weighted by atomic mass is 10.0. The van der Waals surface area contributed by atoms with E-state index < -0.39 is 29.8 Å². The molecule has 2 N–H and O–H groups in total. The summed E-state index contributed by atoms with van der Waals surface area (Å²) in [4.78, 5) is 35.2. The second kappa shape index (κ2) is 15.3. The highest BCUT2D eigenvalue weighted by Gasteiger charge is 2.33. The minimum atomic E-state index is -0.674. The Hall–Kier alpha value is -2.88. The van der Waals surface area contributed by atoms with Crippen molar-refractivity contribution in [2.75, 3.05) is 7.05 Å². The van der Waals surface area contributed by atoms with Crippen molar-refractivity contribution in [3.05, 3.63) is 30.1 Å². The maximum Gasteiger partial charge on any atom is 0.410 e. The van der Waals surface area contributed by atoms with Crippen LogP contribution in [0, 0.1) is 5.82 Å². The average molecular weight is 516 g/mol. The molecular weight excluding hydrogens is 473 g/mol. The number of hydrogen-bond donors (Lipinski definition) is 2. The van der Waals surface area contributed by atoms with Crippen LogP contribution in [0.15, 0.2) is 24.3 Å². The van der Waals surface area contributed by atoms with Gasteiger partial charge in [-0.15, -0.1) is 0 Å². The molecule has 1 amide bonds. The monoisotopic (exact) mass is 515 g/mol. The van der Waals surface area contributed by atoms with Crippen molar-refractivity contribution in [1.82, 2.24) is 4.90 Å². The zero-order valence-electron chi connectivity index (χ0n) is 22.6. The number of aromatic hydroxyl groups is 1. The van der Waals surface area contributed by atoms with Crippen molar-refractivity contribution < 1.29 is 43.2 Å². The molecule has 1 saturated heterocycles. The van der Waals surface area contributed by atoms with E-state index in [0.29, 0.717) is 32.2 Å². The predicted molar refractivity (Wildman–Crippen MR) is 133 cm³/mol. The Labute approximate surface area is 213 Å². The van der Waals surface area contributed by atoms with Gasteiger partial charge in [-0.2, -0.15) is 0 Å². The molecule has 2 rings (SSSR count). The molecule has 0 bridgehead atoms. The molecule has 1 fully saturated rings. The standard InChI is InChI=1S/C15H27NO5.C6H5FO.C5H10O2/c1-10-9-11(17)7-6-8-12(13(18)20-10)16(5)14(19)21-15(2,3)4;7-5-1-3-6(8)4-2-5;1-5(2,3)7-4-6/h10-12,17H,6-9H2,1-5H3;1-4,8H;4H,1-3H3/t10?,11?,12-;;/m0../s1. The minimum Gasteiger partial charge on any atom is -0.508 e. The lowest BCUT2D eigenvalue weighted by Gasteiger charge is -2.29. The highest BCUT2D eigenvalue weighted by atomic mass is 19.1. The van der Waals surface area contributed by atoms with E-state index in [1.807, 2.05) is 20.8 Å². The van der Waals surface area contributed by atoms with Crippen LogP contribution in [0.3, 0.4) is 0 Å². The molecule has 0 saturated carbocycles. The van der Waals surface area contributed by atoms with Gasteiger partial charge < -0.3 is 24.4 Å². The van der Waals surface area contributed by atoms with Gasteiger partial charge in [0.05, 0.1) is 6.10 Å². The van der Waals surface area contributed by atoms with Gasteiger partial charge in [-0.3, -0.25) is 9.69 Å². The van der Waals surface area contributed by atoms with Crippen molar-refractivity contribution in [3.8, 4) is 5.75 Å². The third-order valence-corrected chi connectivity index (χ3v) is 4.59. The molecule has 1 aliphatic heterocycles. The van der Waals surface area contributed by atoms with Gasteiger partial charge in [-0.25, -0.2) is 14.0 Å². The Bertz CT molecular complexity index is 781. The van der Waals surface area contributed by atoms with E-state index in [9.17, 15) is 23.9 Å². The van der Waals surface area contributed by atoms with Crippen molar-refractivity contribution >= 4 is 18.5 Å². The lowest BCUT2D eigenvalue weighted by molar-refractivity contribution is -0.155. The molecular formula is C26H42FNO8. The number of ether oxygens (including phenoxy) is 3. The smallest absolute Gasteiger partial charge is 0.410 e. The molecule has 0 spiro atoms. The summed E-state index contributed by atoms with van der Waals surface area (Å²) < 4.78 is 27.1. The first kappa shape index (κ1) is 33.1. The number of carbonyl (C=O) groups excluding carboxylic acids is 3. The number of amides is 1. The first-order chi connectivity index (χ1) is 16.4. The van der Waals surface area contributed by atoms with E-state index in [4.69, 9.17) is 14.6 Å². The summed E-state index contributed by atoms with van der Waals surface area (Å²) in [6, 6.07) is 4.34. The molecule has 1 heterocycles. The van der Waals surface area contributed by atoms with Crippen LogP contribution in [-0.2, 0) is 23.8 Å². The first-order valence-electron chi connectivity index (χ1n) is 11.9. The number of phenolic OH excluding ortho intramolecular Hbond substituents is 1. The van der Waals surface area contributed by atoms with Gasteiger partial charge in [0, 0.05) is 13.5 Å². The van der Waals surface area contributed by atoms with Crippen molar-refractivity contribution in [1.29, 1.82) is 0 Å². The number of carbonyl (C=O) groups is 3. The Morgan fingerprint density at radius 2 is 1.67 bits per heavy atom. The summed E-state index contributed by atoms with van der Waals surface area (Å²) in [5.74, 6) is -0.681. The van der Waals surface area contributed by atoms with Crippen molar-refractivity contribution in [3.63, 3.8) is 0 Å². The molecule has 0 aliphatic carbocycles. The number of aliphatic hydroxyl groups excluding tert-OH is 1. The summed E-state index contributed by atoms with van der Waals surface area (Å²) in [5, 5.41) is 18.4. The van der Waals surface area contributed by atoms with Crippen LogP contribution in [0.4, 0.5) is 9.18 Å². The summed E-state index contributed by atoms with van der Waals surface area (Å²) >= 11 is 0. The molecule has 3 atom stereocenters. The topological polar surface area (TPSA) is 123 Å². The van der Waals surface area contributed by atoms with Crippen LogP contribution >= 0.6 is 0 Å². The maximum absolute atomic E-state index is 12.2. The number of hydrogen-bond acceptors (Lipinski definition) is 8. The molecule has 1 aromatic carbocycles. The second-order valence-electron chi connectivity index (χ2n) is 10.5. The van der Waals surface area contributed by atoms with E-state index in [2.05, 4.69) is 4.74 Å². The van der Waals surface area contributed by atoms with E-state index in [1.54, 1.807) is 34.7 Å². The zero-order chi connectivity index (χ0) is 28.1. The molecule has 9 nitrogen and oxygen atoms in total. The van der Waals surface area contributed by atoms with Crippen LogP contribution in [0.25, 0.3) is 0 Å².